The first-order valence-corrected chi connectivity index (χ1v) is 12.3. The maximum Gasteiger partial charge on any atom is 0.433 e. The van der Waals surface area contributed by atoms with E-state index >= 15 is 0 Å². The standard InChI is InChI=1S/C26H27F3N6O4/c1-14-21(17-5-7-18(38-4)8-6-17)31-23-19(13-30-35(23)22(14)26(27,28)29)24(36)33-9-11-34(12-10-33)25(37)20-15(2)32-39-16(20)3/h5-8,13,25,37H,9-12H2,1-4H3. The predicted octanol–water partition coefficient (Wildman–Crippen LogP) is 3.79. The van der Waals surface area contributed by atoms with E-state index in [4.69, 9.17) is 9.26 Å². The molecule has 1 aromatic carbocycles. The number of hydrogen-bond donors (Lipinski definition) is 1. The Bertz CT molecular complexity index is 1500. The van der Waals surface area contributed by atoms with Gasteiger partial charge < -0.3 is 19.3 Å². The van der Waals surface area contributed by atoms with E-state index in [1.54, 1.807) is 43.0 Å². The SMILES string of the molecule is COc1ccc(-c2nc3c(C(=O)N4CCN(C(O)c5c(C)noc5C)CC4)cnn3c(C(F)(F)F)c2C)cc1. The molecule has 4 aromatic rings. The fourth-order valence-electron chi connectivity index (χ4n) is 4.97. The molecule has 0 aliphatic carbocycles. The second-order valence-corrected chi connectivity index (χ2v) is 9.39. The Kier molecular flexibility index (Phi) is 6.81. The van der Waals surface area contributed by atoms with Crippen LogP contribution in [0.15, 0.2) is 35.0 Å². The quantitative estimate of drug-likeness (QED) is 0.404. The number of aryl methyl sites for hydroxylation is 2. The fourth-order valence-corrected chi connectivity index (χ4v) is 4.97. The Morgan fingerprint density at radius 2 is 1.77 bits per heavy atom. The van der Waals surface area contributed by atoms with Crippen molar-refractivity contribution >= 4 is 11.6 Å². The first-order chi connectivity index (χ1) is 18.5. The predicted molar refractivity (Wildman–Crippen MR) is 133 cm³/mol. The smallest absolute Gasteiger partial charge is 0.433 e. The average Bonchev–Trinajstić information content (AvgIpc) is 3.48. The van der Waals surface area contributed by atoms with Crippen LogP contribution in [0, 0.1) is 20.8 Å². The van der Waals surface area contributed by atoms with Gasteiger partial charge in [0.05, 0.1) is 30.3 Å². The van der Waals surface area contributed by atoms with E-state index in [0.29, 0.717) is 45.9 Å². The summed E-state index contributed by atoms with van der Waals surface area (Å²) in [6.07, 6.45) is -4.56. The third-order valence-electron chi connectivity index (χ3n) is 7.04. The van der Waals surface area contributed by atoms with E-state index in [0.717, 1.165) is 6.20 Å². The number of aromatic nitrogens is 4. The van der Waals surface area contributed by atoms with Gasteiger partial charge in [-0.3, -0.25) is 9.69 Å². The molecule has 1 aliphatic heterocycles. The van der Waals surface area contributed by atoms with E-state index in [9.17, 15) is 23.1 Å². The zero-order valence-electron chi connectivity index (χ0n) is 21.8. The number of nitrogens with zero attached hydrogens (tertiary/aromatic N) is 6. The van der Waals surface area contributed by atoms with Gasteiger partial charge in [-0.25, -0.2) is 9.50 Å². The van der Waals surface area contributed by atoms with Gasteiger partial charge in [-0.05, 0) is 45.0 Å². The molecule has 206 valence electrons. The van der Waals surface area contributed by atoms with Crippen molar-refractivity contribution in [3.05, 3.63) is 64.3 Å². The molecule has 0 spiro atoms. The Balaban J connectivity index is 1.46. The van der Waals surface area contributed by atoms with Crippen molar-refractivity contribution in [1.82, 2.24) is 29.6 Å². The summed E-state index contributed by atoms with van der Waals surface area (Å²) in [5.74, 6) is 0.577. The third-order valence-corrected chi connectivity index (χ3v) is 7.04. The monoisotopic (exact) mass is 544 g/mol. The summed E-state index contributed by atoms with van der Waals surface area (Å²) in [4.78, 5) is 21.3. The molecule has 0 bridgehead atoms. The molecule has 1 aliphatic rings. The molecule has 0 saturated carbocycles. The molecule has 10 nitrogen and oxygen atoms in total. The van der Waals surface area contributed by atoms with Crippen molar-refractivity contribution in [3.63, 3.8) is 0 Å². The number of benzene rings is 1. The van der Waals surface area contributed by atoms with Crippen LogP contribution in [-0.4, -0.2) is 73.9 Å². The molecule has 5 rings (SSSR count). The van der Waals surface area contributed by atoms with Crippen LogP contribution in [0.25, 0.3) is 16.9 Å². The first-order valence-electron chi connectivity index (χ1n) is 12.3. The van der Waals surface area contributed by atoms with Crippen LogP contribution < -0.4 is 4.74 Å². The van der Waals surface area contributed by atoms with Gasteiger partial charge in [0, 0.05) is 37.3 Å². The largest absolute Gasteiger partial charge is 0.497 e. The molecule has 1 unspecified atom stereocenters. The lowest BCUT2D eigenvalue weighted by Gasteiger charge is -2.37. The fraction of sp³-hybridized carbons (Fsp3) is 0.385. The summed E-state index contributed by atoms with van der Waals surface area (Å²) in [5, 5.41) is 18.6. The Morgan fingerprint density at radius 3 is 2.33 bits per heavy atom. The van der Waals surface area contributed by atoms with E-state index in [-0.39, 0.29) is 35.6 Å². The molecular weight excluding hydrogens is 517 g/mol. The minimum absolute atomic E-state index is 0.0324. The topological polar surface area (TPSA) is 109 Å². The van der Waals surface area contributed by atoms with Crippen LogP contribution in [-0.2, 0) is 6.18 Å². The van der Waals surface area contributed by atoms with Crippen molar-refractivity contribution in [3.8, 4) is 17.0 Å². The van der Waals surface area contributed by atoms with Crippen molar-refractivity contribution in [2.45, 2.75) is 33.2 Å². The summed E-state index contributed by atoms with van der Waals surface area (Å²) in [7, 11) is 1.49. The Hall–Kier alpha value is -3.97. The third kappa shape index (κ3) is 4.72. The van der Waals surface area contributed by atoms with E-state index in [1.807, 2.05) is 0 Å². The van der Waals surface area contributed by atoms with Gasteiger partial charge in [0.1, 0.15) is 23.3 Å². The van der Waals surface area contributed by atoms with Crippen molar-refractivity contribution in [2.75, 3.05) is 33.3 Å². The van der Waals surface area contributed by atoms with Gasteiger partial charge in [-0.1, -0.05) is 5.16 Å². The number of aliphatic hydroxyl groups excluding tert-OH is 1. The van der Waals surface area contributed by atoms with Gasteiger partial charge >= 0.3 is 6.18 Å². The van der Waals surface area contributed by atoms with Crippen LogP contribution in [0.2, 0.25) is 0 Å². The highest BCUT2D eigenvalue weighted by atomic mass is 19.4. The maximum atomic E-state index is 14.2. The lowest BCUT2D eigenvalue weighted by molar-refractivity contribution is -0.143. The van der Waals surface area contributed by atoms with Crippen LogP contribution in [0.3, 0.4) is 0 Å². The zero-order chi connectivity index (χ0) is 28.1. The zero-order valence-corrected chi connectivity index (χ0v) is 21.8. The Morgan fingerprint density at radius 1 is 1.10 bits per heavy atom. The normalized spacial score (nSPS) is 15.6. The van der Waals surface area contributed by atoms with Crippen molar-refractivity contribution < 1.29 is 32.3 Å². The summed E-state index contributed by atoms with van der Waals surface area (Å²) >= 11 is 0. The number of halogens is 3. The maximum absolute atomic E-state index is 14.2. The van der Waals surface area contributed by atoms with Gasteiger partial charge in [0.25, 0.3) is 5.91 Å². The van der Waals surface area contributed by atoms with Crippen LogP contribution in [0.4, 0.5) is 13.2 Å². The molecule has 1 N–H and O–H groups in total. The van der Waals surface area contributed by atoms with Gasteiger partial charge in [-0.15, -0.1) is 0 Å². The molecule has 1 atom stereocenters. The molecule has 1 amide bonds. The van der Waals surface area contributed by atoms with Crippen molar-refractivity contribution in [2.24, 2.45) is 0 Å². The minimum Gasteiger partial charge on any atom is -0.497 e. The average molecular weight is 545 g/mol. The molecule has 39 heavy (non-hydrogen) atoms. The second-order valence-electron chi connectivity index (χ2n) is 9.39. The van der Waals surface area contributed by atoms with Crippen LogP contribution in [0.5, 0.6) is 5.75 Å². The molecule has 1 fully saturated rings. The second kappa shape index (κ2) is 9.97. The van der Waals surface area contributed by atoms with Crippen LogP contribution >= 0.6 is 0 Å². The number of carbonyl (C=O) groups is 1. The lowest BCUT2D eigenvalue weighted by atomic mass is 10.0. The molecule has 1 saturated heterocycles. The van der Waals surface area contributed by atoms with Crippen LogP contribution in [0.1, 0.15) is 44.9 Å². The summed E-state index contributed by atoms with van der Waals surface area (Å²) in [6.45, 7) is 5.97. The highest BCUT2D eigenvalue weighted by Gasteiger charge is 2.39. The number of aliphatic hydroxyl groups is 1. The number of methoxy groups -OCH3 is 1. The highest BCUT2D eigenvalue weighted by Crippen LogP contribution is 2.37. The number of alkyl halides is 3. The van der Waals surface area contributed by atoms with Gasteiger partial charge in [0.2, 0.25) is 0 Å². The summed E-state index contributed by atoms with van der Waals surface area (Å²) in [6, 6.07) is 6.50. The summed E-state index contributed by atoms with van der Waals surface area (Å²) < 4.78 is 53.6. The highest BCUT2D eigenvalue weighted by molar-refractivity contribution is 6.00. The molecule has 3 aromatic heterocycles. The lowest BCUT2D eigenvalue weighted by Crippen LogP contribution is -2.49. The molecule has 4 heterocycles. The van der Waals surface area contributed by atoms with Gasteiger partial charge in [0.15, 0.2) is 11.3 Å². The number of ether oxygens (including phenoxy) is 1. The number of amides is 1. The van der Waals surface area contributed by atoms with E-state index in [2.05, 4.69) is 15.2 Å². The number of fused-ring (bicyclic) bond motifs is 1. The van der Waals surface area contributed by atoms with Crippen molar-refractivity contribution in [1.29, 1.82) is 0 Å². The molecular formula is C26H27F3N6O4. The summed E-state index contributed by atoms with van der Waals surface area (Å²) in [5.41, 5.74) is 0.398. The number of rotatable bonds is 5. The number of piperazine rings is 1. The molecule has 13 heteroatoms. The Labute approximate surface area is 221 Å². The first kappa shape index (κ1) is 26.6. The minimum atomic E-state index is -4.74. The van der Waals surface area contributed by atoms with Gasteiger partial charge in [-0.2, -0.15) is 18.3 Å². The van der Waals surface area contributed by atoms with E-state index < -0.39 is 24.0 Å². The number of hydrogen-bond acceptors (Lipinski definition) is 8. The van der Waals surface area contributed by atoms with E-state index in [1.165, 1.54) is 18.9 Å². The molecule has 0 radical (unpaired) electrons. The number of carbonyl (C=O) groups excluding carboxylic acids is 1.